The molecular weight excluding hydrogens is 222 g/mol. The number of benzene rings is 1. The van der Waals surface area contributed by atoms with Gasteiger partial charge in [-0.25, -0.2) is 4.98 Å². The smallest absolute Gasteiger partial charge is 0.0960 e. The van der Waals surface area contributed by atoms with Crippen LogP contribution in [0.3, 0.4) is 0 Å². The van der Waals surface area contributed by atoms with Gasteiger partial charge >= 0.3 is 0 Å². The molecule has 0 unspecified atom stereocenters. The van der Waals surface area contributed by atoms with E-state index < -0.39 is 0 Å². The first kappa shape index (κ1) is 11.7. The average molecular weight is 243 g/mol. The molecule has 2 aromatic rings. The second kappa shape index (κ2) is 5.11. The Balaban J connectivity index is 1.71. The summed E-state index contributed by atoms with van der Waals surface area (Å²) in [6.45, 7) is 4.31. The summed E-state index contributed by atoms with van der Waals surface area (Å²) in [5.41, 5.74) is 3.86. The van der Waals surface area contributed by atoms with Gasteiger partial charge in [-0.3, -0.25) is 0 Å². The fourth-order valence-corrected chi connectivity index (χ4v) is 2.47. The third-order valence-electron chi connectivity index (χ3n) is 3.65. The maximum absolute atomic E-state index is 4.53. The zero-order chi connectivity index (χ0) is 12.4. The lowest BCUT2D eigenvalue weighted by Gasteiger charge is -2.04. The van der Waals surface area contributed by atoms with Crippen LogP contribution in [0.4, 0.5) is 0 Å². The van der Waals surface area contributed by atoms with Crippen LogP contribution in [0.25, 0.3) is 11.0 Å². The predicted octanol–water partition coefficient (Wildman–Crippen LogP) is 2.91. The second-order valence-corrected chi connectivity index (χ2v) is 5.16. The Kier molecular flexibility index (Phi) is 3.33. The van der Waals surface area contributed by atoms with E-state index in [1.807, 2.05) is 6.33 Å². The van der Waals surface area contributed by atoms with Crippen LogP contribution in [0.5, 0.6) is 0 Å². The predicted molar refractivity (Wildman–Crippen MR) is 74.9 cm³/mol. The van der Waals surface area contributed by atoms with E-state index in [1.165, 1.54) is 30.3 Å². The summed E-state index contributed by atoms with van der Waals surface area (Å²) in [5.74, 6) is 0. The highest BCUT2D eigenvalue weighted by Crippen LogP contribution is 2.37. The van der Waals surface area contributed by atoms with Crippen molar-refractivity contribution in [1.29, 1.82) is 0 Å². The number of hydrogen-bond acceptors (Lipinski definition) is 2. The number of aromatic nitrogens is 2. The normalized spacial score (nSPS) is 15.4. The minimum absolute atomic E-state index is 0.717. The number of fused-ring (bicyclic) bond motifs is 1. The van der Waals surface area contributed by atoms with Gasteiger partial charge in [0.25, 0.3) is 0 Å². The number of hydrogen-bond donors (Lipinski definition) is 1. The van der Waals surface area contributed by atoms with Crippen molar-refractivity contribution in [3.8, 4) is 0 Å². The highest BCUT2D eigenvalue weighted by Gasteiger charge is 2.24. The number of imidazole rings is 1. The molecule has 18 heavy (non-hydrogen) atoms. The molecule has 96 valence electrons. The zero-order valence-electron chi connectivity index (χ0n) is 11.0. The third kappa shape index (κ3) is 2.41. The van der Waals surface area contributed by atoms with Gasteiger partial charge < -0.3 is 9.88 Å². The SMILES string of the molecule is CCNCCCc1ccc2c(c1)ncn2C1CC1. The minimum Gasteiger partial charge on any atom is -0.327 e. The van der Waals surface area contributed by atoms with Crippen molar-refractivity contribution in [1.82, 2.24) is 14.9 Å². The molecular formula is C15H21N3. The van der Waals surface area contributed by atoms with Gasteiger partial charge in [-0.15, -0.1) is 0 Å². The van der Waals surface area contributed by atoms with Gasteiger partial charge in [-0.1, -0.05) is 13.0 Å². The van der Waals surface area contributed by atoms with Crippen molar-refractivity contribution >= 4 is 11.0 Å². The third-order valence-corrected chi connectivity index (χ3v) is 3.65. The first-order valence-electron chi connectivity index (χ1n) is 7.04. The average Bonchev–Trinajstić information content (AvgIpc) is 3.15. The quantitative estimate of drug-likeness (QED) is 0.791. The number of nitrogens with one attached hydrogen (secondary N) is 1. The van der Waals surface area contributed by atoms with E-state index in [9.17, 15) is 0 Å². The molecule has 1 saturated carbocycles. The van der Waals surface area contributed by atoms with Gasteiger partial charge in [0.05, 0.1) is 17.4 Å². The van der Waals surface area contributed by atoms with Crippen LogP contribution in [0.1, 0.15) is 37.8 Å². The van der Waals surface area contributed by atoms with Gasteiger partial charge in [0.15, 0.2) is 0 Å². The monoisotopic (exact) mass is 243 g/mol. The molecule has 3 heteroatoms. The molecule has 1 N–H and O–H groups in total. The lowest BCUT2D eigenvalue weighted by molar-refractivity contribution is 0.673. The Hall–Kier alpha value is -1.35. The summed E-state index contributed by atoms with van der Waals surface area (Å²) in [6.07, 6.45) is 6.97. The van der Waals surface area contributed by atoms with Gasteiger partial charge in [0, 0.05) is 6.04 Å². The van der Waals surface area contributed by atoms with Crippen LogP contribution in [0, 0.1) is 0 Å². The highest BCUT2D eigenvalue weighted by molar-refractivity contribution is 5.76. The molecule has 1 aliphatic rings. The maximum atomic E-state index is 4.53. The first-order valence-corrected chi connectivity index (χ1v) is 7.04. The van der Waals surface area contributed by atoms with Crippen LogP contribution < -0.4 is 5.32 Å². The van der Waals surface area contributed by atoms with Gasteiger partial charge in [-0.2, -0.15) is 0 Å². The van der Waals surface area contributed by atoms with E-state index in [4.69, 9.17) is 0 Å². The van der Waals surface area contributed by atoms with Crippen LogP contribution in [0.15, 0.2) is 24.5 Å². The van der Waals surface area contributed by atoms with Crippen molar-refractivity contribution < 1.29 is 0 Å². The van der Waals surface area contributed by atoms with Gasteiger partial charge in [0.2, 0.25) is 0 Å². The molecule has 0 spiro atoms. The topological polar surface area (TPSA) is 29.9 Å². The Bertz CT molecular complexity index is 526. The van der Waals surface area contributed by atoms with E-state index in [2.05, 4.69) is 40.0 Å². The fraction of sp³-hybridized carbons (Fsp3) is 0.533. The van der Waals surface area contributed by atoms with Crippen molar-refractivity contribution in [2.45, 2.75) is 38.6 Å². The van der Waals surface area contributed by atoms with E-state index in [1.54, 1.807) is 0 Å². The minimum atomic E-state index is 0.717. The van der Waals surface area contributed by atoms with E-state index in [-0.39, 0.29) is 0 Å². The van der Waals surface area contributed by atoms with Gasteiger partial charge in [-0.05, 0) is 56.5 Å². The van der Waals surface area contributed by atoms with Crippen LogP contribution in [-0.2, 0) is 6.42 Å². The molecule has 0 saturated heterocycles. The summed E-state index contributed by atoms with van der Waals surface area (Å²) in [5, 5.41) is 3.36. The van der Waals surface area contributed by atoms with Crippen LogP contribution in [-0.4, -0.2) is 22.6 Å². The van der Waals surface area contributed by atoms with Crippen molar-refractivity contribution in [2.24, 2.45) is 0 Å². The first-order chi connectivity index (χ1) is 8.88. The van der Waals surface area contributed by atoms with Crippen LogP contribution >= 0.6 is 0 Å². The molecule has 3 nitrogen and oxygen atoms in total. The van der Waals surface area contributed by atoms with E-state index in [0.29, 0.717) is 0 Å². The maximum Gasteiger partial charge on any atom is 0.0960 e. The Morgan fingerprint density at radius 3 is 3.06 bits per heavy atom. The second-order valence-electron chi connectivity index (χ2n) is 5.16. The van der Waals surface area contributed by atoms with E-state index >= 15 is 0 Å². The molecule has 1 aromatic carbocycles. The summed E-state index contributed by atoms with van der Waals surface area (Å²) >= 11 is 0. The lowest BCUT2D eigenvalue weighted by Crippen LogP contribution is -2.14. The molecule has 1 aromatic heterocycles. The molecule has 3 rings (SSSR count). The van der Waals surface area contributed by atoms with Gasteiger partial charge in [0.1, 0.15) is 0 Å². The Labute approximate surface area is 108 Å². The molecule has 1 heterocycles. The molecule has 0 radical (unpaired) electrons. The zero-order valence-corrected chi connectivity index (χ0v) is 11.0. The molecule has 1 fully saturated rings. The standard InChI is InChI=1S/C15H21N3/c1-2-16-9-3-4-12-5-8-15-14(10-12)17-11-18(15)13-6-7-13/h5,8,10-11,13,16H,2-4,6-7,9H2,1H3. The molecule has 1 aliphatic carbocycles. The van der Waals surface area contributed by atoms with Crippen molar-refractivity contribution in [3.63, 3.8) is 0 Å². The molecule has 0 atom stereocenters. The molecule has 0 amide bonds. The lowest BCUT2D eigenvalue weighted by atomic mass is 10.1. The summed E-state index contributed by atoms with van der Waals surface area (Å²) in [6, 6.07) is 7.47. The number of rotatable bonds is 6. The Morgan fingerprint density at radius 1 is 1.39 bits per heavy atom. The summed E-state index contributed by atoms with van der Waals surface area (Å²) in [7, 11) is 0. The fourth-order valence-electron chi connectivity index (χ4n) is 2.47. The molecule has 0 aliphatic heterocycles. The van der Waals surface area contributed by atoms with Crippen molar-refractivity contribution in [3.05, 3.63) is 30.1 Å². The number of aryl methyl sites for hydroxylation is 1. The molecule has 0 bridgehead atoms. The summed E-state index contributed by atoms with van der Waals surface area (Å²) < 4.78 is 2.33. The van der Waals surface area contributed by atoms with Crippen LogP contribution in [0.2, 0.25) is 0 Å². The van der Waals surface area contributed by atoms with E-state index in [0.717, 1.165) is 31.1 Å². The number of nitrogens with zero attached hydrogens (tertiary/aromatic N) is 2. The summed E-state index contributed by atoms with van der Waals surface area (Å²) in [4.78, 5) is 4.53. The largest absolute Gasteiger partial charge is 0.327 e. The Morgan fingerprint density at radius 2 is 2.28 bits per heavy atom. The van der Waals surface area contributed by atoms with Crippen molar-refractivity contribution in [2.75, 3.05) is 13.1 Å². The highest BCUT2D eigenvalue weighted by atomic mass is 15.1.